The zero-order valence-electron chi connectivity index (χ0n) is 9.85. The summed E-state index contributed by atoms with van der Waals surface area (Å²) in [7, 11) is 1.87. The molecule has 0 aromatic carbocycles. The number of aromatic nitrogens is 4. The molecule has 0 aliphatic heterocycles. The highest BCUT2D eigenvalue weighted by molar-refractivity contribution is 6.28. The van der Waals surface area contributed by atoms with Crippen molar-refractivity contribution in [3.05, 3.63) is 11.6 Å². The molecule has 0 radical (unpaired) electrons. The van der Waals surface area contributed by atoms with Crippen LogP contribution in [0.5, 0.6) is 0 Å². The van der Waals surface area contributed by atoms with E-state index in [2.05, 4.69) is 25.6 Å². The highest BCUT2D eigenvalue weighted by Gasteiger charge is 2.10. The molecule has 0 saturated heterocycles. The van der Waals surface area contributed by atoms with E-state index in [9.17, 15) is 4.79 Å². The number of rotatable bonds is 6. The Balaban J connectivity index is 2.11. The summed E-state index contributed by atoms with van der Waals surface area (Å²) in [4.78, 5) is 22.4. The Morgan fingerprint density at radius 2 is 2.28 bits per heavy atom. The summed E-state index contributed by atoms with van der Waals surface area (Å²) < 4.78 is 1.83. The molecule has 96 valence electrons. The van der Waals surface area contributed by atoms with Crippen LogP contribution in [0.15, 0.2) is 6.33 Å². The molecule has 0 unspecified atom stereocenters. The van der Waals surface area contributed by atoms with Gasteiger partial charge in [-0.05, 0) is 18.0 Å². The Morgan fingerprint density at radius 3 is 3.06 bits per heavy atom. The summed E-state index contributed by atoms with van der Waals surface area (Å²) in [5.74, 6) is 0.649. The van der Waals surface area contributed by atoms with Crippen LogP contribution in [0.25, 0.3) is 11.2 Å². The summed E-state index contributed by atoms with van der Waals surface area (Å²) in [6, 6.07) is 0. The highest BCUT2D eigenvalue weighted by atomic mass is 35.5. The van der Waals surface area contributed by atoms with Gasteiger partial charge in [0.1, 0.15) is 5.52 Å². The van der Waals surface area contributed by atoms with Crippen LogP contribution in [0.3, 0.4) is 0 Å². The van der Waals surface area contributed by atoms with Gasteiger partial charge in [0.05, 0.1) is 6.33 Å². The minimum atomic E-state index is 0.162. The van der Waals surface area contributed by atoms with Crippen molar-refractivity contribution in [2.24, 2.45) is 7.05 Å². The van der Waals surface area contributed by atoms with Crippen LogP contribution in [-0.2, 0) is 11.8 Å². The first kappa shape index (κ1) is 12.6. The molecule has 0 aliphatic carbocycles. The average Bonchev–Trinajstić information content (AvgIpc) is 2.70. The Hall–Kier alpha value is -1.89. The second kappa shape index (κ2) is 5.63. The minimum Gasteiger partial charge on any atom is -0.368 e. The molecular weight excluding hydrogens is 256 g/mol. The first-order valence-electron chi connectivity index (χ1n) is 5.48. The lowest BCUT2D eigenvalue weighted by Gasteiger charge is -2.07. The molecule has 0 bridgehead atoms. The van der Waals surface area contributed by atoms with Crippen LogP contribution in [0.4, 0.5) is 5.82 Å². The Labute approximate surface area is 109 Å². The number of hydrogen-bond acceptors (Lipinski definition) is 5. The first-order chi connectivity index (χ1) is 8.72. The summed E-state index contributed by atoms with van der Waals surface area (Å²) in [6.45, 7) is 1.29. The van der Waals surface area contributed by atoms with Crippen LogP contribution in [0.2, 0.25) is 5.28 Å². The number of fused-ring (bicyclic) bond motifs is 1. The van der Waals surface area contributed by atoms with E-state index in [-0.39, 0.29) is 5.28 Å². The first-order valence-corrected chi connectivity index (χ1v) is 5.85. The molecule has 0 fully saturated rings. The number of hydrogen-bond donors (Lipinski definition) is 2. The number of halogens is 1. The van der Waals surface area contributed by atoms with Crippen LogP contribution in [0.1, 0.15) is 6.42 Å². The number of carbonyl (C=O) groups is 1. The van der Waals surface area contributed by atoms with Crippen molar-refractivity contribution in [1.29, 1.82) is 0 Å². The number of aryl methyl sites for hydroxylation is 1. The number of imidazole rings is 1. The lowest BCUT2D eigenvalue weighted by atomic mass is 10.4. The zero-order valence-corrected chi connectivity index (χ0v) is 10.6. The fourth-order valence-electron chi connectivity index (χ4n) is 1.61. The van der Waals surface area contributed by atoms with Crippen molar-refractivity contribution in [1.82, 2.24) is 24.8 Å². The van der Waals surface area contributed by atoms with Crippen LogP contribution >= 0.6 is 11.6 Å². The van der Waals surface area contributed by atoms with Crippen molar-refractivity contribution in [3.63, 3.8) is 0 Å². The van der Waals surface area contributed by atoms with Gasteiger partial charge in [-0.1, -0.05) is 0 Å². The van der Waals surface area contributed by atoms with E-state index in [1.54, 1.807) is 6.33 Å². The third-order valence-corrected chi connectivity index (χ3v) is 2.59. The van der Waals surface area contributed by atoms with E-state index in [4.69, 9.17) is 11.6 Å². The van der Waals surface area contributed by atoms with E-state index in [1.165, 1.54) is 0 Å². The Kier molecular flexibility index (Phi) is 3.93. The third kappa shape index (κ3) is 2.67. The maximum absolute atomic E-state index is 10.1. The molecule has 8 heteroatoms. The van der Waals surface area contributed by atoms with Gasteiger partial charge in [0, 0.05) is 20.1 Å². The highest BCUT2D eigenvalue weighted by Crippen LogP contribution is 2.20. The van der Waals surface area contributed by atoms with Gasteiger partial charge in [0.2, 0.25) is 11.7 Å². The number of carbonyl (C=O) groups excluding carboxylic acids is 1. The summed E-state index contributed by atoms with van der Waals surface area (Å²) >= 11 is 5.83. The van der Waals surface area contributed by atoms with Gasteiger partial charge in [-0.3, -0.25) is 4.79 Å². The van der Waals surface area contributed by atoms with Gasteiger partial charge < -0.3 is 15.2 Å². The fraction of sp³-hybridized carbons (Fsp3) is 0.400. The van der Waals surface area contributed by atoms with Crippen LogP contribution in [0, 0.1) is 0 Å². The average molecular weight is 269 g/mol. The van der Waals surface area contributed by atoms with Crippen molar-refractivity contribution < 1.29 is 4.79 Å². The molecule has 0 saturated carbocycles. The molecule has 2 aromatic rings. The van der Waals surface area contributed by atoms with E-state index >= 15 is 0 Å². The third-order valence-electron chi connectivity index (χ3n) is 2.42. The maximum atomic E-state index is 10.1. The largest absolute Gasteiger partial charge is 0.368 e. The fourth-order valence-corrected chi connectivity index (χ4v) is 1.77. The van der Waals surface area contributed by atoms with Gasteiger partial charge in [-0.15, -0.1) is 0 Å². The minimum absolute atomic E-state index is 0.162. The smallest absolute Gasteiger partial charge is 0.226 e. The van der Waals surface area contributed by atoms with Gasteiger partial charge in [0.15, 0.2) is 11.5 Å². The molecule has 2 heterocycles. The maximum Gasteiger partial charge on any atom is 0.226 e. The quantitative estimate of drug-likeness (QED) is 0.454. The van der Waals surface area contributed by atoms with Crippen LogP contribution in [-0.4, -0.2) is 39.0 Å². The second-order valence-corrected chi connectivity index (χ2v) is 4.06. The Bertz CT molecular complexity index is 555. The molecule has 0 atom stereocenters. The standard InChI is InChI=1S/C10H13ClN6O/c1-17-5-14-9-7(17)8(15-10(11)16-9)13-4-2-3-12-6-18/h5-6H,2-4H2,1H3,(H,12,18)(H,13,15,16). The van der Waals surface area contributed by atoms with Crippen molar-refractivity contribution in [2.75, 3.05) is 18.4 Å². The molecule has 2 aromatic heterocycles. The second-order valence-electron chi connectivity index (χ2n) is 3.72. The zero-order chi connectivity index (χ0) is 13.0. The van der Waals surface area contributed by atoms with Gasteiger partial charge in [-0.25, -0.2) is 4.98 Å². The predicted molar refractivity (Wildman–Crippen MR) is 68.5 cm³/mol. The SMILES string of the molecule is Cn1cnc2nc(Cl)nc(NCCCNC=O)c21. The molecule has 1 amide bonds. The number of amides is 1. The number of nitrogens with one attached hydrogen (secondary N) is 2. The summed E-state index contributed by atoms with van der Waals surface area (Å²) in [6.07, 6.45) is 3.13. The van der Waals surface area contributed by atoms with E-state index in [1.807, 2.05) is 11.6 Å². The molecule has 0 spiro atoms. The van der Waals surface area contributed by atoms with Gasteiger partial charge in [0.25, 0.3) is 0 Å². The van der Waals surface area contributed by atoms with Crippen molar-refractivity contribution >= 4 is 35.0 Å². The number of anilines is 1. The van der Waals surface area contributed by atoms with E-state index < -0.39 is 0 Å². The van der Waals surface area contributed by atoms with Crippen molar-refractivity contribution in [3.8, 4) is 0 Å². The molecule has 7 nitrogen and oxygen atoms in total. The lowest BCUT2D eigenvalue weighted by molar-refractivity contribution is -0.109. The van der Waals surface area contributed by atoms with Gasteiger partial charge in [-0.2, -0.15) is 9.97 Å². The van der Waals surface area contributed by atoms with Crippen LogP contribution < -0.4 is 10.6 Å². The normalized spacial score (nSPS) is 10.6. The predicted octanol–water partition coefficient (Wildman–Crippen LogP) is 0.565. The summed E-state index contributed by atoms with van der Waals surface area (Å²) in [5.41, 5.74) is 1.37. The summed E-state index contributed by atoms with van der Waals surface area (Å²) in [5, 5.41) is 5.92. The monoisotopic (exact) mass is 268 g/mol. The van der Waals surface area contributed by atoms with E-state index in [0.29, 0.717) is 31.0 Å². The number of nitrogens with zero attached hydrogens (tertiary/aromatic N) is 4. The molecule has 2 N–H and O–H groups in total. The molecule has 0 aliphatic rings. The Morgan fingerprint density at radius 1 is 1.44 bits per heavy atom. The topological polar surface area (TPSA) is 84.7 Å². The molecule has 18 heavy (non-hydrogen) atoms. The van der Waals surface area contributed by atoms with Gasteiger partial charge >= 0.3 is 0 Å². The molecule has 2 rings (SSSR count). The lowest BCUT2D eigenvalue weighted by Crippen LogP contribution is -2.16. The van der Waals surface area contributed by atoms with E-state index in [0.717, 1.165) is 11.9 Å². The molecular formula is C10H13ClN6O. The van der Waals surface area contributed by atoms with Crippen molar-refractivity contribution in [2.45, 2.75) is 6.42 Å².